The van der Waals surface area contributed by atoms with Crippen molar-refractivity contribution in [2.24, 2.45) is 0 Å². The molecule has 0 bridgehead atoms. The second-order valence-electron chi connectivity index (χ2n) is 7.22. The summed E-state index contributed by atoms with van der Waals surface area (Å²) >= 11 is 0. The van der Waals surface area contributed by atoms with Crippen LogP contribution < -0.4 is 4.74 Å². The zero-order valence-electron chi connectivity index (χ0n) is 16.0. The van der Waals surface area contributed by atoms with Gasteiger partial charge in [-0.1, -0.05) is 30.3 Å². The van der Waals surface area contributed by atoms with Crippen molar-refractivity contribution in [3.05, 3.63) is 65.2 Å². The van der Waals surface area contributed by atoms with Crippen molar-refractivity contribution in [1.82, 2.24) is 4.90 Å². The van der Waals surface area contributed by atoms with Gasteiger partial charge in [-0.3, -0.25) is 4.90 Å². The molecule has 1 heterocycles. The molecule has 1 atom stereocenters. The molecule has 0 saturated carbocycles. The first-order valence-corrected chi connectivity index (χ1v) is 9.25. The van der Waals surface area contributed by atoms with Crippen LogP contribution in [0.1, 0.15) is 36.6 Å². The number of rotatable bonds is 7. The summed E-state index contributed by atoms with van der Waals surface area (Å²) in [4.78, 5) is 2.15. The molecule has 0 aliphatic carbocycles. The molecule has 1 saturated heterocycles. The van der Waals surface area contributed by atoms with E-state index in [2.05, 4.69) is 9.64 Å². The van der Waals surface area contributed by atoms with E-state index in [1.165, 1.54) is 42.5 Å². The quantitative estimate of drug-likeness (QED) is 0.557. The van der Waals surface area contributed by atoms with Crippen LogP contribution in [-0.4, -0.2) is 36.7 Å². The molecule has 2 aromatic carbocycles. The van der Waals surface area contributed by atoms with Crippen LogP contribution in [-0.2, 0) is 10.9 Å². The standard InChI is InChI=1S/C21H22F5NO2/c1-13(2)27-11-16(12-27)28-19(14-7-9-15(10-8-14)29-20(22)23)17-5-3-4-6-18(17)21(24,25)26/h3-10,13,16,19-20H,11-12H2,1-2H3. The first kappa shape index (κ1) is 21.5. The fourth-order valence-corrected chi connectivity index (χ4v) is 3.31. The number of hydrogen-bond donors (Lipinski definition) is 0. The van der Waals surface area contributed by atoms with E-state index in [9.17, 15) is 22.0 Å². The van der Waals surface area contributed by atoms with Gasteiger partial charge in [0.1, 0.15) is 11.9 Å². The third-order valence-electron chi connectivity index (χ3n) is 4.89. The van der Waals surface area contributed by atoms with E-state index in [0.29, 0.717) is 24.7 Å². The van der Waals surface area contributed by atoms with Gasteiger partial charge in [-0.25, -0.2) is 0 Å². The topological polar surface area (TPSA) is 21.7 Å². The Morgan fingerprint density at radius 2 is 1.59 bits per heavy atom. The highest BCUT2D eigenvalue weighted by Crippen LogP contribution is 2.39. The first-order valence-electron chi connectivity index (χ1n) is 9.25. The predicted molar refractivity (Wildman–Crippen MR) is 97.9 cm³/mol. The number of likely N-dealkylation sites (tertiary alicyclic amines) is 1. The van der Waals surface area contributed by atoms with E-state index in [-0.39, 0.29) is 17.4 Å². The summed E-state index contributed by atoms with van der Waals surface area (Å²) in [5.74, 6) is -0.0683. The van der Waals surface area contributed by atoms with Crippen LogP contribution in [0.2, 0.25) is 0 Å². The molecule has 0 spiro atoms. The molecule has 1 unspecified atom stereocenters. The molecular weight excluding hydrogens is 393 g/mol. The van der Waals surface area contributed by atoms with Crippen LogP contribution in [0, 0.1) is 0 Å². The molecule has 158 valence electrons. The van der Waals surface area contributed by atoms with Crippen molar-refractivity contribution in [1.29, 1.82) is 0 Å². The van der Waals surface area contributed by atoms with Crippen molar-refractivity contribution in [3.63, 3.8) is 0 Å². The van der Waals surface area contributed by atoms with Gasteiger partial charge in [0.2, 0.25) is 0 Å². The van der Waals surface area contributed by atoms with Crippen molar-refractivity contribution in [2.45, 2.75) is 44.9 Å². The fourth-order valence-electron chi connectivity index (χ4n) is 3.31. The minimum atomic E-state index is -4.54. The zero-order chi connectivity index (χ0) is 21.2. The Kier molecular flexibility index (Phi) is 6.43. The second kappa shape index (κ2) is 8.67. The summed E-state index contributed by atoms with van der Waals surface area (Å²) in [6, 6.07) is 11.1. The van der Waals surface area contributed by atoms with Gasteiger partial charge in [0.05, 0.1) is 11.7 Å². The summed E-state index contributed by atoms with van der Waals surface area (Å²) in [6.45, 7) is 2.34. The maximum Gasteiger partial charge on any atom is 0.416 e. The minimum absolute atomic E-state index is 0.00877. The van der Waals surface area contributed by atoms with E-state index in [1.807, 2.05) is 13.8 Å². The largest absolute Gasteiger partial charge is 0.435 e. The number of alkyl halides is 5. The summed E-state index contributed by atoms with van der Waals surface area (Å²) in [6.07, 6.45) is -5.74. The maximum atomic E-state index is 13.6. The van der Waals surface area contributed by atoms with Gasteiger partial charge in [0, 0.05) is 19.1 Å². The van der Waals surface area contributed by atoms with Gasteiger partial charge in [-0.05, 0) is 43.2 Å². The van der Waals surface area contributed by atoms with E-state index >= 15 is 0 Å². The molecule has 1 aliphatic rings. The van der Waals surface area contributed by atoms with Gasteiger partial charge in [0.25, 0.3) is 0 Å². The van der Waals surface area contributed by atoms with E-state index in [4.69, 9.17) is 4.74 Å². The number of hydrogen-bond acceptors (Lipinski definition) is 3. The van der Waals surface area contributed by atoms with Crippen molar-refractivity contribution >= 4 is 0 Å². The lowest BCUT2D eigenvalue weighted by atomic mass is 9.95. The van der Waals surface area contributed by atoms with E-state index in [1.54, 1.807) is 0 Å². The monoisotopic (exact) mass is 415 g/mol. The molecule has 1 fully saturated rings. The molecule has 3 nitrogen and oxygen atoms in total. The van der Waals surface area contributed by atoms with Crippen LogP contribution in [0.5, 0.6) is 5.75 Å². The Morgan fingerprint density at radius 1 is 0.966 bits per heavy atom. The van der Waals surface area contributed by atoms with Crippen molar-refractivity contribution in [3.8, 4) is 5.75 Å². The van der Waals surface area contributed by atoms with Crippen LogP contribution in [0.25, 0.3) is 0 Å². The first-order chi connectivity index (χ1) is 13.6. The molecule has 0 aromatic heterocycles. The number of benzene rings is 2. The molecule has 0 radical (unpaired) electrons. The number of nitrogens with zero attached hydrogens (tertiary/aromatic N) is 1. The lowest BCUT2D eigenvalue weighted by molar-refractivity contribution is -0.141. The average molecular weight is 415 g/mol. The molecule has 0 amide bonds. The highest BCUT2D eigenvalue weighted by molar-refractivity contribution is 5.39. The number of ether oxygens (including phenoxy) is 2. The fraction of sp³-hybridized carbons (Fsp3) is 0.429. The van der Waals surface area contributed by atoms with Crippen molar-refractivity contribution < 1.29 is 31.4 Å². The predicted octanol–water partition coefficient (Wildman–Crippen LogP) is 5.51. The molecule has 0 N–H and O–H groups in total. The zero-order valence-corrected chi connectivity index (χ0v) is 16.0. The maximum absolute atomic E-state index is 13.6. The molecule has 3 rings (SSSR count). The average Bonchev–Trinajstić information content (AvgIpc) is 2.60. The van der Waals surface area contributed by atoms with Crippen molar-refractivity contribution in [2.75, 3.05) is 13.1 Å². The van der Waals surface area contributed by atoms with Gasteiger partial charge in [-0.2, -0.15) is 22.0 Å². The normalized spacial score (nSPS) is 16.9. The highest BCUT2D eigenvalue weighted by atomic mass is 19.4. The van der Waals surface area contributed by atoms with Gasteiger partial charge in [-0.15, -0.1) is 0 Å². The highest BCUT2D eigenvalue weighted by Gasteiger charge is 2.38. The minimum Gasteiger partial charge on any atom is -0.435 e. The smallest absolute Gasteiger partial charge is 0.416 e. The Labute approximate surface area is 166 Å². The molecule has 1 aliphatic heterocycles. The number of halogens is 5. The Morgan fingerprint density at radius 3 is 2.14 bits per heavy atom. The van der Waals surface area contributed by atoms with Crippen LogP contribution in [0.15, 0.2) is 48.5 Å². The van der Waals surface area contributed by atoms with Crippen LogP contribution in [0.3, 0.4) is 0 Å². The lowest BCUT2D eigenvalue weighted by Crippen LogP contribution is -2.55. The lowest BCUT2D eigenvalue weighted by Gasteiger charge is -2.43. The molecule has 8 heteroatoms. The summed E-state index contributed by atoms with van der Waals surface area (Å²) in [5, 5.41) is 0. The SMILES string of the molecule is CC(C)N1CC(OC(c2ccc(OC(F)F)cc2)c2ccccc2C(F)(F)F)C1. The molecule has 29 heavy (non-hydrogen) atoms. The van der Waals surface area contributed by atoms with E-state index < -0.39 is 24.5 Å². The second-order valence-corrected chi connectivity index (χ2v) is 7.22. The van der Waals surface area contributed by atoms with Crippen LogP contribution >= 0.6 is 0 Å². The third-order valence-corrected chi connectivity index (χ3v) is 4.89. The third kappa shape index (κ3) is 5.25. The van der Waals surface area contributed by atoms with E-state index in [0.717, 1.165) is 6.07 Å². The van der Waals surface area contributed by atoms with Crippen LogP contribution in [0.4, 0.5) is 22.0 Å². The van der Waals surface area contributed by atoms with Gasteiger partial charge < -0.3 is 9.47 Å². The Bertz CT molecular complexity index is 801. The molecule has 2 aromatic rings. The molecular formula is C21H22F5NO2. The Hall–Kier alpha value is -2.19. The van der Waals surface area contributed by atoms with Gasteiger partial charge >= 0.3 is 12.8 Å². The summed E-state index contributed by atoms with van der Waals surface area (Å²) in [7, 11) is 0. The summed E-state index contributed by atoms with van der Waals surface area (Å²) in [5.41, 5.74) is -0.352. The Balaban J connectivity index is 1.91. The van der Waals surface area contributed by atoms with Gasteiger partial charge in [0.15, 0.2) is 0 Å². The summed E-state index contributed by atoms with van der Waals surface area (Å²) < 4.78 is 75.8.